The van der Waals surface area contributed by atoms with Crippen molar-refractivity contribution in [2.24, 2.45) is 0 Å². The number of benzene rings is 6. The van der Waals surface area contributed by atoms with Gasteiger partial charge in [0.25, 0.3) is 0 Å². The van der Waals surface area contributed by atoms with Gasteiger partial charge in [-0.2, -0.15) is 0 Å². The third-order valence-corrected chi connectivity index (χ3v) is 6.76. The normalized spacial score (nSPS) is 11.8. The van der Waals surface area contributed by atoms with Crippen LogP contribution >= 0.6 is 0 Å². The summed E-state index contributed by atoms with van der Waals surface area (Å²) in [6.07, 6.45) is 0. The van der Waals surface area contributed by atoms with Crippen molar-refractivity contribution in [3.63, 3.8) is 0 Å². The van der Waals surface area contributed by atoms with Crippen LogP contribution in [0.1, 0.15) is 0 Å². The molecule has 1 aliphatic rings. The topological polar surface area (TPSA) is 0 Å². The molecule has 0 fully saturated rings. The molecule has 32 heavy (non-hydrogen) atoms. The van der Waals surface area contributed by atoms with Crippen molar-refractivity contribution in [1.29, 1.82) is 0 Å². The molecule has 0 spiro atoms. The molecule has 0 bridgehead atoms. The zero-order valence-corrected chi connectivity index (χ0v) is 17.5. The van der Waals surface area contributed by atoms with Crippen molar-refractivity contribution in [3.05, 3.63) is 121 Å². The van der Waals surface area contributed by atoms with Crippen LogP contribution in [0.4, 0.5) is 0 Å². The molecule has 0 unspecified atom stereocenters. The lowest BCUT2D eigenvalue weighted by Crippen LogP contribution is -1.84. The molecular formula is C32H20. The molecule has 0 heteroatoms. The summed E-state index contributed by atoms with van der Waals surface area (Å²) >= 11 is 0. The van der Waals surface area contributed by atoms with Crippen molar-refractivity contribution >= 4 is 21.5 Å². The van der Waals surface area contributed by atoms with Gasteiger partial charge in [-0.3, -0.25) is 0 Å². The molecule has 1 aliphatic carbocycles. The van der Waals surface area contributed by atoms with Gasteiger partial charge in [0.05, 0.1) is 0 Å². The number of hydrogen-bond acceptors (Lipinski definition) is 0. The number of rotatable bonds is 2. The van der Waals surface area contributed by atoms with Gasteiger partial charge >= 0.3 is 0 Å². The molecule has 0 nitrogen and oxygen atoms in total. The van der Waals surface area contributed by atoms with E-state index in [9.17, 15) is 0 Å². The summed E-state index contributed by atoms with van der Waals surface area (Å²) in [4.78, 5) is 0. The molecule has 0 aliphatic heterocycles. The van der Waals surface area contributed by atoms with Gasteiger partial charge in [0.1, 0.15) is 0 Å². The lowest BCUT2D eigenvalue weighted by atomic mass is 9.94. The SMILES string of the molecule is c1cc(-c2ccc3ccccc3c2)cc(-c2cc3c4c(cccc4c2)-c2ccccc2-3)c1. The first-order chi connectivity index (χ1) is 15.8. The van der Waals surface area contributed by atoms with E-state index in [1.807, 2.05) is 0 Å². The lowest BCUT2D eigenvalue weighted by Gasteiger charge is -2.10. The van der Waals surface area contributed by atoms with E-state index < -0.39 is 0 Å². The minimum absolute atomic E-state index is 1.25. The maximum absolute atomic E-state index is 2.37. The van der Waals surface area contributed by atoms with Gasteiger partial charge in [-0.15, -0.1) is 0 Å². The highest BCUT2D eigenvalue weighted by molar-refractivity contribution is 6.16. The molecule has 6 aromatic carbocycles. The summed E-state index contributed by atoms with van der Waals surface area (Å²) in [5.74, 6) is 0. The van der Waals surface area contributed by atoms with E-state index in [0.717, 1.165) is 0 Å². The van der Waals surface area contributed by atoms with Crippen LogP contribution in [0.15, 0.2) is 121 Å². The van der Waals surface area contributed by atoms with Crippen molar-refractivity contribution < 1.29 is 0 Å². The van der Waals surface area contributed by atoms with Crippen molar-refractivity contribution in [1.82, 2.24) is 0 Å². The van der Waals surface area contributed by atoms with Gasteiger partial charge < -0.3 is 0 Å². The quantitative estimate of drug-likeness (QED) is 0.270. The van der Waals surface area contributed by atoms with E-state index in [2.05, 4.69) is 121 Å². The Bertz CT molecular complexity index is 1670. The Balaban J connectivity index is 1.40. The van der Waals surface area contributed by atoms with Crippen LogP contribution in [-0.2, 0) is 0 Å². The summed E-state index contributed by atoms with van der Waals surface area (Å²) < 4.78 is 0. The van der Waals surface area contributed by atoms with Gasteiger partial charge in [0.15, 0.2) is 0 Å². The maximum Gasteiger partial charge on any atom is -0.00259 e. The fourth-order valence-corrected chi connectivity index (χ4v) is 5.23. The van der Waals surface area contributed by atoms with Crippen LogP contribution in [0.2, 0.25) is 0 Å². The van der Waals surface area contributed by atoms with Gasteiger partial charge in [0, 0.05) is 0 Å². The van der Waals surface area contributed by atoms with Crippen LogP contribution < -0.4 is 0 Å². The van der Waals surface area contributed by atoms with E-state index in [0.29, 0.717) is 0 Å². The fraction of sp³-hybridized carbons (Fsp3) is 0. The zero-order valence-electron chi connectivity index (χ0n) is 17.5. The second-order valence-electron chi connectivity index (χ2n) is 8.62. The lowest BCUT2D eigenvalue weighted by molar-refractivity contribution is 1.61. The van der Waals surface area contributed by atoms with Crippen molar-refractivity contribution in [2.75, 3.05) is 0 Å². The third kappa shape index (κ3) is 2.57. The zero-order chi connectivity index (χ0) is 21.1. The van der Waals surface area contributed by atoms with Crippen molar-refractivity contribution in [2.45, 2.75) is 0 Å². The Hall–Kier alpha value is -4.16. The van der Waals surface area contributed by atoms with Crippen LogP contribution in [0.5, 0.6) is 0 Å². The summed E-state index contributed by atoms with van der Waals surface area (Å²) in [6, 6.07) is 44.4. The molecule has 7 rings (SSSR count). The highest BCUT2D eigenvalue weighted by Crippen LogP contribution is 2.48. The summed E-state index contributed by atoms with van der Waals surface area (Å²) in [7, 11) is 0. The Labute approximate surface area is 187 Å². The van der Waals surface area contributed by atoms with E-state index in [1.54, 1.807) is 0 Å². The monoisotopic (exact) mass is 404 g/mol. The smallest absolute Gasteiger partial charge is 0.00259 e. The number of fused-ring (bicyclic) bond motifs is 4. The molecule has 0 atom stereocenters. The predicted molar refractivity (Wildman–Crippen MR) is 137 cm³/mol. The molecule has 6 aromatic rings. The molecule has 0 aromatic heterocycles. The van der Waals surface area contributed by atoms with Crippen molar-refractivity contribution in [3.8, 4) is 44.5 Å². The van der Waals surface area contributed by atoms with E-state index in [1.165, 1.54) is 66.1 Å². The molecular weight excluding hydrogens is 384 g/mol. The second-order valence-corrected chi connectivity index (χ2v) is 8.62. The van der Waals surface area contributed by atoms with E-state index >= 15 is 0 Å². The Morgan fingerprint density at radius 3 is 1.75 bits per heavy atom. The molecule has 0 N–H and O–H groups in total. The molecule has 148 valence electrons. The Morgan fingerprint density at radius 2 is 0.875 bits per heavy atom. The molecule has 0 heterocycles. The standard InChI is InChI=1S/C32H20/c1-2-8-22-17-25(16-15-21(22)7-1)23-9-5-10-24(18-23)27-19-26-11-6-14-30-28-12-3-4-13-29(28)31(20-27)32(26)30/h1-20H. The first-order valence-corrected chi connectivity index (χ1v) is 11.1. The molecule has 0 amide bonds. The minimum Gasteiger partial charge on any atom is -0.0616 e. The van der Waals surface area contributed by atoms with Gasteiger partial charge in [-0.05, 0) is 90.3 Å². The number of hydrogen-bond donors (Lipinski definition) is 0. The van der Waals surface area contributed by atoms with Crippen LogP contribution in [0.3, 0.4) is 0 Å². The van der Waals surface area contributed by atoms with Crippen LogP contribution in [-0.4, -0.2) is 0 Å². The highest BCUT2D eigenvalue weighted by Gasteiger charge is 2.21. The van der Waals surface area contributed by atoms with Gasteiger partial charge in [0.2, 0.25) is 0 Å². The van der Waals surface area contributed by atoms with E-state index in [-0.39, 0.29) is 0 Å². The van der Waals surface area contributed by atoms with Crippen LogP contribution in [0, 0.1) is 0 Å². The largest absolute Gasteiger partial charge is 0.0616 e. The summed E-state index contributed by atoms with van der Waals surface area (Å²) in [5, 5.41) is 5.24. The van der Waals surface area contributed by atoms with Gasteiger partial charge in [-0.25, -0.2) is 0 Å². The molecule has 0 saturated carbocycles. The molecule has 0 radical (unpaired) electrons. The summed E-state index contributed by atoms with van der Waals surface area (Å²) in [6.45, 7) is 0. The predicted octanol–water partition coefficient (Wildman–Crippen LogP) is 8.97. The second kappa shape index (κ2) is 6.67. The fourth-order valence-electron chi connectivity index (χ4n) is 5.23. The van der Waals surface area contributed by atoms with Crippen LogP contribution in [0.25, 0.3) is 66.1 Å². The third-order valence-electron chi connectivity index (χ3n) is 6.76. The Morgan fingerprint density at radius 1 is 0.281 bits per heavy atom. The Kier molecular flexibility index (Phi) is 3.65. The molecule has 0 saturated heterocycles. The first-order valence-electron chi connectivity index (χ1n) is 11.1. The summed E-state index contributed by atoms with van der Waals surface area (Å²) in [5.41, 5.74) is 10.4. The first kappa shape index (κ1) is 17.5. The average Bonchev–Trinajstić information content (AvgIpc) is 3.19. The highest BCUT2D eigenvalue weighted by atomic mass is 14.2. The average molecular weight is 405 g/mol. The minimum atomic E-state index is 1.25. The van der Waals surface area contributed by atoms with E-state index in [4.69, 9.17) is 0 Å². The van der Waals surface area contributed by atoms with Gasteiger partial charge in [-0.1, -0.05) is 97.1 Å². The maximum atomic E-state index is 2.37.